The fraction of sp³-hybridized carbons (Fsp3) is 0.923. The lowest BCUT2D eigenvalue weighted by molar-refractivity contribution is -0.131. The minimum atomic E-state index is -0.234. The van der Waals surface area contributed by atoms with Gasteiger partial charge in [-0.05, 0) is 31.6 Å². The van der Waals surface area contributed by atoms with Crippen LogP contribution in [-0.4, -0.2) is 18.5 Å². The van der Waals surface area contributed by atoms with Gasteiger partial charge in [0, 0.05) is 12.6 Å². The molecule has 2 aliphatic carbocycles. The highest BCUT2D eigenvalue weighted by Crippen LogP contribution is 2.38. The number of nitrogens with two attached hydrogens (primary N) is 1. The molecule has 0 aliphatic heterocycles. The van der Waals surface area contributed by atoms with E-state index in [9.17, 15) is 4.79 Å². The van der Waals surface area contributed by atoms with E-state index in [1.54, 1.807) is 0 Å². The zero-order valence-corrected chi connectivity index (χ0v) is 11.5. The van der Waals surface area contributed by atoms with Gasteiger partial charge in [-0.25, -0.2) is 0 Å². The van der Waals surface area contributed by atoms with Gasteiger partial charge in [-0.2, -0.15) is 0 Å². The largest absolute Gasteiger partial charge is 0.353 e. The Morgan fingerprint density at radius 1 is 1.29 bits per heavy atom. The zero-order valence-electron chi connectivity index (χ0n) is 10.7. The Morgan fingerprint density at radius 2 is 1.94 bits per heavy atom. The van der Waals surface area contributed by atoms with Crippen molar-refractivity contribution in [3.8, 4) is 0 Å². The molecular formula is C13H25ClN2O. The highest BCUT2D eigenvalue weighted by molar-refractivity contribution is 5.85. The lowest BCUT2D eigenvalue weighted by Gasteiger charge is -2.29. The van der Waals surface area contributed by atoms with Crippen molar-refractivity contribution in [2.75, 3.05) is 6.54 Å². The number of amides is 1. The van der Waals surface area contributed by atoms with Gasteiger partial charge in [0.15, 0.2) is 0 Å². The van der Waals surface area contributed by atoms with Gasteiger partial charge in [-0.1, -0.05) is 26.2 Å². The topological polar surface area (TPSA) is 55.1 Å². The number of hydrogen-bond donors (Lipinski definition) is 2. The number of halogens is 1. The summed E-state index contributed by atoms with van der Waals surface area (Å²) >= 11 is 0. The van der Waals surface area contributed by atoms with Crippen LogP contribution in [0.5, 0.6) is 0 Å². The third kappa shape index (κ3) is 2.94. The van der Waals surface area contributed by atoms with E-state index >= 15 is 0 Å². The van der Waals surface area contributed by atoms with Crippen molar-refractivity contribution in [2.24, 2.45) is 17.1 Å². The van der Waals surface area contributed by atoms with Gasteiger partial charge in [0.25, 0.3) is 0 Å². The third-order valence-electron chi connectivity index (χ3n) is 4.61. The molecule has 3 nitrogen and oxygen atoms in total. The molecule has 2 rings (SSSR count). The van der Waals surface area contributed by atoms with Gasteiger partial charge < -0.3 is 11.1 Å². The molecule has 0 heterocycles. The second-order valence-corrected chi connectivity index (χ2v) is 5.68. The van der Waals surface area contributed by atoms with Crippen molar-refractivity contribution in [1.82, 2.24) is 5.32 Å². The molecule has 2 atom stereocenters. The quantitative estimate of drug-likeness (QED) is 0.818. The summed E-state index contributed by atoms with van der Waals surface area (Å²) in [5.74, 6) is 0.867. The van der Waals surface area contributed by atoms with E-state index in [0.29, 0.717) is 18.5 Å². The predicted octanol–water partition coefficient (Wildman–Crippen LogP) is 2.23. The van der Waals surface area contributed by atoms with Gasteiger partial charge in [0.05, 0.1) is 5.41 Å². The molecule has 2 fully saturated rings. The molecule has 0 spiro atoms. The number of carbonyl (C=O) groups is 1. The molecule has 2 aliphatic rings. The van der Waals surface area contributed by atoms with Crippen LogP contribution in [0.25, 0.3) is 0 Å². The van der Waals surface area contributed by atoms with Crippen LogP contribution >= 0.6 is 12.4 Å². The lowest BCUT2D eigenvalue weighted by Crippen LogP contribution is -2.48. The number of hydrogen-bond acceptors (Lipinski definition) is 2. The smallest absolute Gasteiger partial charge is 0.227 e. The van der Waals surface area contributed by atoms with E-state index in [1.807, 2.05) is 0 Å². The first-order valence-electron chi connectivity index (χ1n) is 6.69. The summed E-state index contributed by atoms with van der Waals surface area (Å²) in [5.41, 5.74) is 5.58. The number of rotatable bonds is 3. The lowest BCUT2D eigenvalue weighted by atomic mass is 9.84. The van der Waals surface area contributed by atoms with Crippen molar-refractivity contribution >= 4 is 18.3 Å². The van der Waals surface area contributed by atoms with Crippen LogP contribution in [0, 0.1) is 11.3 Å². The second kappa shape index (κ2) is 6.05. The van der Waals surface area contributed by atoms with Gasteiger partial charge in [-0.3, -0.25) is 4.79 Å². The fourth-order valence-electron chi connectivity index (χ4n) is 3.26. The van der Waals surface area contributed by atoms with E-state index < -0.39 is 0 Å². The highest BCUT2D eigenvalue weighted by atomic mass is 35.5. The van der Waals surface area contributed by atoms with E-state index in [4.69, 9.17) is 5.73 Å². The SMILES string of the molecule is CC1CCCC1NC(=O)C1(CN)CCCC1.Cl. The van der Waals surface area contributed by atoms with Crippen molar-refractivity contribution in [3.63, 3.8) is 0 Å². The summed E-state index contributed by atoms with van der Waals surface area (Å²) in [6.45, 7) is 2.75. The van der Waals surface area contributed by atoms with Crippen LogP contribution in [0.1, 0.15) is 51.9 Å². The van der Waals surface area contributed by atoms with Crippen molar-refractivity contribution < 1.29 is 4.79 Å². The number of carbonyl (C=O) groups excluding carboxylic acids is 1. The van der Waals surface area contributed by atoms with Crippen molar-refractivity contribution in [1.29, 1.82) is 0 Å². The Morgan fingerprint density at radius 3 is 2.41 bits per heavy atom. The first-order chi connectivity index (χ1) is 7.68. The normalized spacial score (nSPS) is 30.9. The maximum absolute atomic E-state index is 12.3. The Kier molecular flexibility index (Phi) is 5.26. The molecule has 0 saturated heterocycles. The zero-order chi connectivity index (χ0) is 11.6. The summed E-state index contributed by atoms with van der Waals surface area (Å²) in [6.07, 6.45) is 7.93. The Labute approximate surface area is 110 Å². The monoisotopic (exact) mass is 260 g/mol. The molecule has 0 aromatic heterocycles. The number of nitrogens with one attached hydrogen (secondary N) is 1. The predicted molar refractivity (Wildman–Crippen MR) is 72.1 cm³/mol. The van der Waals surface area contributed by atoms with Gasteiger partial charge in [-0.15, -0.1) is 12.4 Å². The summed E-state index contributed by atoms with van der Waals surface area (Å²) < 4.78 is 0. The first-order valence-corrected chi connectivity index (χ1v) is 6.69. The van der Waals surface area contributed by atoms with Crippen LogP contribution in [0.15, 0.2) is 0 Å². The van der Waals surface area contributed by atoms with E-state index in [0.717, 1.165) is 32.1 Å². The minimum Gasteiger partial charge on any atom is -0.353 e. The molecule has 2 saturated carbocycles. The standard InChI is InChI=1S/C13H24N2O.ClH/c1-10-5-4-6-11(10)15-12(16)13(9-14)7-2-3-8-13;/h10-11H,2-9,14H2,1H3,(H,15,16);1H. The average molecular weight is 261 g/mol. The molecule has 0 bridgehead atoms. The van der Waals surface area contributed by atoms with Crippen LogP contribution in [0.4, 0.5) is 0 Å². The van der Waals surface area contributed by atoms with E-state index in [2.05, 4.69) is 12.2 Å². The second-order valence-electron chi connectivity index (χ2n) is 5.68. The highest BCUT2D eigenvalue weighted by Gasteiger charge is 2.41. The molecule has 3 N–H and O–H groups in total. The van der Waals surface area contributed by atoms with Crippen LogP contribution in [0.2, 0.25) is 0 Å². The summed E-state index contributed by atoms with van der Waals surface area (Å²) in [6, 6.07) is 0.400. The molecule has 17 heavy (non-hydrogen) atoms. The van der Waals surface area contributed by atoms with Crippen molar-refractivity contribution in [3.05, 3.63) is 0 Å². The summed E-state index contributed by atoms with van der Waals surface area (Å²) in [7, 11) is 0. The Bertz CT molecular complexity index is 264. The third-order valence-corrected chi connectivity index (χ3v) is 4.61. The van der Waals surface area contributed by atoms with Gasteiger partial charge in [0.1, 0.15) is 0 Å². The van der Waals surface area contributed by atoms with E-state index in [-0.39, 0.29) is 23.7 Å². The van der Waals surface area contributed by atoms with Gasteiger partial charge in [0.2, 0.25) is 5.91 Å². The van der Waals surface area contributed by atoms with Crippen molar-refractivity contribution in [2.45, 2.75) is 57.9 Å². The van der Waals surface area contributed by atoms with E-state index in [1.165, 1.54) is 12.8 Å². The maximum atomic E-state index is 12.3. The summed E-state index contributed by atoms with van der Waals surface area (Å²) in [5, 5.41) is 3.24. The summed E-state index contributed by atoms with van der Waals surface area (Å²) in [4.78, 5) is 12.3. The molecule has 0 aromatic rings. The molecule has 0 aromatic carbocycles. The van der Waals surface area contributed by atoms with Gasteiger partial charge >= 0.3 is 0 Å². The molecule has 1 amide bonds. The Balaban J connectivity index is 0.00000144. The average Bonchev–Trinajstić information content (AvgIpc) is 2.89. The molecular weight excluding hydrogens is 236 g/mol. The fourth-order valence-corrected chi connectivity index (χ4v) is 3.26. The van der Waals surface area contributed by atoms with Crippen LogP contribution < -0.4 is 11.1 Å². The molecule has 0 radical (unpaired) electrons. The Hall–Kier alpha value is -0.280. The minimum absolute atomic E-state index is 0. The molecule has 4 heteroatoms. The van der Waals surface area contributed by atoms with Crippen LogP contribution in [-0.2, 0) is 4.79 Å². The first kappa shape index (κ1) is 14.8. The molecule has 100 valence electrons. The maximum Gasteiger partial charge on any atom is 0.227 e. The molecule has 2 unspecified atom stereocenters. The van der Waals surface area contributed by atoms with Crippen LogP contribution in [0.3, 0.4) is 0 Å².